The molecule has 8 heteroatoms. The predicted octanol–water partition coefficient (Wildman–Crippen LogP) is 2.36. The lowest BCUT2D eigenvalue weighted by Gasteiger charge is -2.40. The Labute approximate surface area is 184 Å². The highest BCUT2D eigenvalue weighted by Gasteiger charge is 2.42. The molecule has 0 saturated carbocycles. The van der Waals surface area contributed by atoms with Crippen molar-refractivity contribution in [1.82, 2.24) is 14.7 Å². The molecule has 2 saturated heterocycles. The number of nitrogens with zero attached hydrogens (tertiary/aromatic N) is 3. The molecule has 2 aliphatic rings. The number of rotatable bonds is 2. The van der Waals surface area contributed by atoms with Crippen molar-refractivity contribution in [3.05, 3.63) is 35.4 Å². The van der Waals surface area contributed by atoms with Crippen LogP contribution in [0.2, 0.25) is 0 Å². The van der Waals surface area contributed by atoms with E-state index in [9.17, 15) is 14.4 Å². The molecule has 3 amide bonds. The van der Waals surface area contributed by atoms with Gasteiger partial charge in [0, 0.05) is 33.2 Å². The number of ether oxygens (including phenoxy) is 2. The molecule has 0 N–H and O–H groups in total. The minimum absolute atomic E-state index is 0.118. The van der Waals surface area contributed by atoms with Gasteiger partial charge >= 0.3 is 6.09 Å². The van der Waals surface area contributed by atoms with E-state index in [1.165, 1.54) is 0 Å². The molecule has 0 spiro atoms. The molecule has 0 radical (unpaired) electrons. The third-order valence-corrected chi connectivity index (χ3v) is 5.61. The SMILES string of the molecule is Cc1ccc(C2C(C(=O)N3CCCN(C(=O)OC(C)(C)C)CC3)OCC(=O)N2C)cc1. The zero-order valence-corrected chi connectivity index (χ0v) is 19.1. The van der Waals surface area contributed by atoms with Gasteiger partial charge in [0.15, 0.2) is 6.10 Å². The molecule has 170 valence electrons. The molecular weight excluding hydrogens is 398 g/mol. The minimum atomic E-state index is -0.779. The summed E-state index contributed by atoms with van der Waals surface area (Å²) in [5.74, 6) is -0.308. The molecular formula is C23H33N3O5. The molecule has 0 aliphatic carbocycles. The van der Waals surface area contributed by atoms with Crippen LogP contribution in [0.15, 0.2) is 24.3 Å². The standard InChI is InChI=1S/C23H33N3O5/c1-16-7-9-17(10-8-16)19-20(30-15-18(27)24(19)5)21(28)25-11-6-12-26(14-13-25)22(29)31-23(2,3)4/h7-10,19-20H,6,11-15H2,1-5H3. The summed E-state index contributed by atoms with van der Waals surface area (Å²) in [6.07, 6.45) is -0.487. The second-order valence-electron chi connectivity index (χ2n) is 9.24. The first-order valence-electron chi connectivity index (χ1n) is 10.8. The third-order valence-electron chi connectivity index (χ3n) is 5.61. The van der Waals surface area contributed by atoms with E-state index >= 15 is 0 Å². The molecule has 31 heavy (non-hydrogen) atoms. The van der Waals surface area contributed by atoms with E-state index in [1.807, 2.05) is 52.0 Å². The first-order chi connectivity index (χ1) is 14.6. The number of carbonyl (C=O) groups excluding carboxylic acids is 3. The smallest absolute Gasteiger partial charge is 0.410 e. The van der Waals surface area contributed by atoms with Crippen LogP contribution in [0, 0.1) is 6.92 Å². The van der Waals surface area contributed by atoms with Gasteiger partial charge in [-0.3, -0.25) is 9.59 Å². The van der Waals surface area contributed by atoms with Crippen molar-refractivity contribution in [2.45, 2.75) is 51.9 Å². The first kappa shape index (κ1) is 23.1. The second kappa shape index (κ2) is 9.26. The van der Waals surface area contributed by atoms with Gasteiger partial charge < -0.3 is 24.2 Å². The Morgan fingerprint density at radius 1 is 1.03 bits per heavy atom. The summed E-state index contributed by atoms with van der Waals surface area (Å²) in [7, 11) is 1.71. The molecule has 8 nitrogen and oxygen atoms in total. The fourth-order valence-electron chi connectivity index (χ4n) is 3.91. The number of aryl methyl sites for hydroxylation is 1. The predicted molar refractivity (Wildman–Crippen MR) is 115 cm³/mol. The molecule has 0 bridgehead atoms. The van der Waals surface area contributed by atoms with Crippen molar-refractivity contribution in [2.24, 2.45) is 0 Å². The van der Waals surface area contributed by atoms with Gasteiger partial charge in [-0.2, -0.15) is 0 Å². The van der Waals surface area contributed by atoms with Gasteiger partial charge in [-0.05, 0) is 39.7 Å². The lowest BCUT2D eigenvalue weighted by atomic mass is 9.96. The summed E-state index contributed by atoms with van der Waals surface area (Å²) in [4.78, 5) is 43.1. The van der Waals surface area contributed by atoms with Gasteiger partial charge in [0.1, 0.15) is 12.2 Å². The molecule has 2 heterocycles. The van der Waals surface area contributed by atoms with Gasteiger partial charge in [-0.15, -0.1) is 0 Å². The third kappa shape index (κ3) is 5.55. The Morgan fingerprint density at radius 3 is 2.29 bits per heavy atom. The quantitative estimate of drug-likeness (QED) is 0.718. The maximum atomic E-state index is 13.4. The maximum Gasteiger partial charge on any atom is 0.410 e. The largest absolute Gasteiger partial charge is 0.444 e. The van der Waals surface area contributed by atoms with E-state index in [1.54, 1.807) is 21.7 Å². The van der Waals surface area contributed by atoms with Crippen LogP contribution >= 0.6 is 0 Å². The first-order valence-corrected chi connectivity index (χ1v) is 10.8. The number of likely N-dealkylation sites (N-methyl/N-ethyl adjacent to an activating group) is 1. The molecule has 2 atom stereocenters. The molecule has 2 fully saturated rings. The van der Waals surface area contributed by atoms with Crippen molar-refractivity contribution in [1.29, 1.82) is 0 Å². The summed E-state index contributed by atoms with van der Waals surface area (Å²) in [5, 5.41) is 0. The Hall–Kier alpha value is -2.61. The van der Waals surface area contributed by atoms with Crippen molar-refractivity contribution in [2.75, 3.05) is 39.8 Å². The average Bonchev–Trinajstić information content (AvgIpc) is 2.95. The molecule has 3 rings (SSSR count). The van der Waals surface area contributed by atoms with Gasteiger partial charge in [-0.1, -0.05) is 29.8 Å². The van der Waals surface area contributed by atoms with Crippen LogP contribution < -0.4 is 0 Å². The van der Waals surface area contributed by atoms with Gasteiger partial charge in [0.05, 0.1) is 6.04 Å². The van der Waals surface area contributed by atoms with Crippen molar-refractivity contribution < 1.29 is 23.9 Å². The van der Waals surface area contributed by atoms with E-state index in [0.717, 1.165) is 11.1 Å². The number of hydrogen-bond donors (Lipinski definition) is 0. The Morgan fingerprint density at radius 2 is 1.65 bits per heavy atom. The van der Waals surface area contributed by atoms with E-state index < -0.39 is 17.7 Å². The Kier molecular flexibility index (Phi) is 6.89. The fourth-order valence-corrected chi connectivity index (χ4v) is 3.91. The van der Waals surface area contributed by atoms with Crippen molar-refractivity contribution >= 4 is 17.9 Å². The zero-order chi connectivity index (χ0) is 22.8. The molecule has 2 aliphatic heterocycles. The summed E-state index contributed by atoms with van der Waals surface area (Å²) in [5.41, 5.74) is 1.41. The van der Waals surface area contributed by atoms with E-state index in [4.69, 9.17) is 9.47 Å². The monoisotopic (exact) mass is 431 g/mol. The number of hydrogen-bond acceptors (Lipinski definition) is 5. The zero-order valence-electron chi connectivity index (χ0n) is 19.1. The van der Waals surface area contributed by atoms with Crippen LogP contribution in [-0.4, -0.2) is 84.1 Å². The summed E-state index contributed by atoms with van der Waals surface area (Å²) < 4.78 is 11.2. The van der Waals surface area contributed by atoms with Crippen LogP contribution in [0.4, 0.5) is 4.79 Å². The lowest BCUT2D eigenvalue weighted by Crippen LogP contribution is -2.54. The van der Waals surface area contributed by atoms with E-state index in [0.29, 0.717) is 32.6 Å². The number of benzene rings is 1. The van der Waals surface area contributed by atoms with Crippen molar-refractivity contribution in [3.8, 4) is 0 Å². The molecule has 1 aromatic rings. The van der Waals surface area contributed by atoms with Gasteiger partial charge in [0.2, 0.25) is 5.91 Å². The maximum absolute atomic E-state index is 13.4. The van der Waals surface area contributed by atoms with Crippen LogP contribution in [0.3, 0.4) is 0 Å². The Balaban J connectivity index is 1.73. The van der Waals surface area contributed by atoms with Crippen LogP contribution in [0.5, 0.6) is 0 Å². The second-order valence-corrected chi connectivity index (χ2v) is 9.24. The van der Waals surface area contributed by atoms with Crippen molar-refractivity contribution in [3.63, 3.8) is 0 Å². The van der Waals surface area contributed by atoms with Crippen LogP contribution in [-0.2, 0) is 19.1 Å². The molecule has 2 unspecified atom stereocenters. The van der Waals surface area contributed by atoms with Gasteiger partial charge in [-0.25, -0.2) is 4.79 Å². The summed E-state index contributed by atoms with van der Waals surface area (Å²) in [6, 6.07) is 7.32. The highest BCUT2D eigenvalue weighted by molar-refractivity contribution is 5.86. The van der Waals surface area contributed by atoms with E-state index in [-0.39, 0.29) is 24.5 Å². The lowest BCUT2D eigenvalue weighted by molar-refractivity contribution is -0.167. The van der Waals surface area contributed by atoms with Crippen LogP contribution in [0.25, 0.3) is 0 Å². The fraction of sp³-hybridized carbons (Fsp3) is 0.609. The Bertz CT molecular complexity index is 817. The van der Waals surface area contributed by atoms with Crippen LogP contribution in [0.1, 0.15) is 44.4 Å². The van der Waals surface area contributed by atoms with Gasteiger partial charge in [0.25, 0.3) is 5.91 Å². The normalized spacial score (nSPS) is 22.9. The number of amides is 3. The minimum Gasteiger partial charge on any atom is -0.444 e. The number of carbonyl (C=O) groups is 3. The highest BCUT2D eigenvalue weighted by Crippen LogP contribution is 2.30. The summed E-state index contributed by atoms with van der Waals surface area (Å²) in [6.45, 7) is 9.24. The van der Waals surface area contributed by atoms with E-state index in [2.05, 4.69) is 0 Å². The topological polar surface area (TPSA) is 79.4 Å². The highest BCUT2D eigenvalue weighted by atomic mass is 16.6. The average molecular weight is 432 g/mol. The summed E-state index contributed by atoms with van der Waals surface area (Å²) >= 11 is 0. The molecule has 1 aromatic carbocycles. The number of morpholine rings is 1. The molecule has 0 aromatic heterocycles.